The summed E-state index contributed by atoms with van der Waals surface area (Å²) in [6.45, 7) is 1.78. The van der Waals surface area contributed by atoms with Crippen LogP contribution in [0.4, 0.5) is 0 Å². The normalized spacial score (nSPS) is 16.2. The molecule has 0 spiro atoms. The first-order valence-corrected chi connectivity index (χ1v) is 10.4. The van der Waals surface area contributed by atoms with Crippen molar-refractivity contribution in [1.29, 1.82) is 0 Å². The van der Waals surface area contributed by atoms with Crippen LogP contribution in [0.15, 0.2) is 74.7 Å². The van der Waals surface area contributed by atoms with Crippen LogP contribution in [-0.2, 0) is 11.3 Å². The van der Waals surface area contributed by atoms with Crippen molar-refractivity contribution in [3.63, 3.8) is 0 Å². The zero-order valence-corrected chi connectivity index (χ0v) is 17.0. The van der Waals surface area contributed by atoms with Gasteiger partial charge in [-0.3, -0.25) is 14.2 Å². The Morgan fingerprint density at radius 3 is 2.90 bits per heavy atom. The highest BCUT2D eigenvalue weighted by atomic mass is 32.1. The zero-order chi connectivity index (χ0) is 20.7. The largest absolute Gasteiger partial charge is 0.463 e. The SMILES string of the molecule is Cc1cccc2c(=O)n(CC(=O)N3N=C(c4ccco4)CC3c3cccs3)cnc12. The summed E-state index contributed by atoms with van der Waals surface area (Å²) in [5, 5.41) is 8.49. The molecule has 30 heavy (non-hydrogen) atoms. The summed E-state index contributed by atoms with van der Waals surface area (Å²) in [5.41, 5.74) is 2.06. The molecule has 5 rings (SSSR count). The van der Waals surface area contributed by atoms with Crippen LogP contribution in [0.3, 0.4) is 0 Å². The quantitative estimate of drug-likeness (QED) is 0.506. The van der Waals surface area contributed by atoms with Gasteiger partial charge < -0.3 is 4.42 Å². The topological polar surface area (TPSA) is 80.7 Å². The summed E-state index contributed by atoms with van der Waals surface area (Å²) >= 11 is 1.57. The minimum atomic E-state index is -0.272. The number of aryl methyl sites for hydroxylation is 1. The standard InChI is InChI=1S/C22H18N4O3S/c1-14-5-2-6-15-21(14)23-13-25(22(15)28)12-20(27)26-17(19-8-4-10-30-19)11-16(24-26)18-7-3-9-29-18/h2-10,13,17H,11-12H2,1H3. The Bertz CT molecular complexity index is 1310. The fourth-order valence-electron chi connectivity index (χ4n) is 3.70. The van der Waals surface area contributed by atoms with Gasteiger partial charge in [0, 0.05) is 11.3 Å². The van der Waals surface area contributed by atoms with Crippen molar-refractivity contribution in [3.05, 3.63) is 87.0 Å². The molecule has 1 atom stereocenters. The Kier molecular flexibility index (Phi) is 4.55. The molecule has 4 heterocycles. The van der Waals surface area contributed by atoms with E-state index in [1.54, 1.807) is 29.7 Å². The van der Waals surface area contributed by atoms with Gasteiger partial charge in [-0.05, 0) is 42.1 Å². The second-order valence-corrected chi connectivity index (χ2v) is 8.13. The van der Waals surface area contributed by atoms with Crippen LogP contribution in [-0.4, -0.2) is 26.2 Å². The molecule has 4 aromatic rings. The van der Waals surface area contributed by atoms with E-state index >= 15 is 0 Å². The molecule has 3 aromatic heterocycles. The fourth-order valence-corrected chi connectivity index (χ4v) is 4.51. The minimum Gasteiger partial charge on any atom is -0.463 e. The number of fused-ring (bicyclic) bond motifs is 1. The van der Waals surface area contributed by atoms with Crippen LogP contribution in [0.1, 0.15) is 28.7 Å². The predicted molar refractivity (Wildman–Crippen MR) is 115 cm³/mol. The second kappa shape index (κ2) is 7.38. The van der Waals surface area contributed by atoms with Gasteiger partial charge in [0.1, 0.15) is 18.0 Å². The molecule has 0 saturated carbocycles. The summed E-state index contributed by atoms with van der Waals surface area (Å²) < 4.78 is 6.82. The molecule has 1 aliphatic heterocycles. The number of furan rings is 1. The van der Waals surface area contributed by atoms with Crippen LogP contribution >= 0.6 is 11.3 Å². The Hall–Kier alpha value is -3.52. The van der Waals surface area contributed by atoms with E-state index in [0.29, 0.717) is 28.8 Å². The van der Waals surface area contributed by atoms with Crippen LogP contribution in [0, 0.1) is 6.92 Å². The first-order chi connectivity index (χ1) is 14.6. The van der Waals surface area contributed by atoms with E-state index in [-0.39, 0.29) is 24.1 Å². The van der Waals surface area contributed by atoms with Gasteiger partial charge >= 0.3 is 0 Å². The van der Waals surface area contributed by atoms with Crippen molar-refractivity contribution < 1.29 is 9.21 Å². The maximum Gasteiger partial charge on any atom is 0.263 e. The van der Waals surface area contributed by atoms with Gasteiger partial charge in [-0.1, -0.05) is 18.2 Å². The van der Waals surface area contributed by atoms with Crippen LogP contribution in [0.2, 0.25) is 0 Å². The summed E-state index contributed by atoms with van der Waals surface area (Å²) in [7, 11) is 0. The molecule has 7 nitrogen and oxygen atoms in total. The summed E-state index contributed by atoms with van der Waals surface area (Å²) in [6.07, 6.45) is 3.58. The molecular weight excluding hydrogens is 400 g/mol. The molecule has 0 N–H and O–H groups in total. The van der Waals surface area contributed by atoms with E-state index in [0.717, 1.165) is 10.4 Å². The molecule has 1 unspecified atom stereocenters. The number of rotatable bonds is 4. The van der Waals surface area contributed by atoms with Gasteiger partial charge in [-0.2, -0.15) is 5.10 Å². The number of hydrazone groups is 1. The maximum absolute atomic E-state index is 13.2. The van der Waals surface area contributed by atoms with Gasteiger partial charge in [0.2, 0.25) is 0 Å². The second-order valence-electron chi connectivity index (χ2n) is 7.15. The molecule has 0 bridgehead atoms. The van der Waals surface area contributed by atoms with E-state index in [1.807, 2.05) is 42.6 Å². The fraction of sp³-hybridized carbons (Fsp3) is 0.182. The number of hydrogen-bond donors (Lipinski definition) is 0. The summed E-state index contributed by atoms with van der Waals surface area (Å²) in [4.78, 5) is 31.5. The molecule has 0 radical (unpaired) electrons. The molecule has 1 amide bonds. The Morgan fingerprint density at radius 2 is 2.13 bits per heavy atom. The monoisotopic (exact) mass is 418 g/mol. The smallest absolute Gasteiger partial charge is 0.263 e. The van der Waals surface area contributed by atoms with Crippen molar-refractivity contribution in [1.82, 2.24) is 14.6 Å². The van der Waals surface area contributed by atoms with E-state index in [9.17, 15) is 9.59 Å². The van der Waals surface area contributed by atoms with Crippen molar-refractivity contribution in [2.75, 3.05) is 0 Å². The molecule has 1 aromatic carbocycles. The van der Waals surface area contributed by atoms with E-state index in [2.05, 4.69) is 10.1 Å². The van der Waals surface area contributed by atoms with Crippen molar-refractivity contribution in [3.8, 4) is 0 Å². The number of benzene rings is 1. The third kappa shape index (κ3) is 3.15. The number of nitrogens with zero attached hydrogens (tertiary/aromatic N) is 4. The van der Waals surface area contributed by atoms with Gasteiger partial charge in [0.15, 0.2) is 0 Å². The van der Waals surface area contributed by atoms with E-state index < -0.39 is 0 Å². The highest BCUT2D eigenvalue weighted by molar-refractivity contribution is 7.10. The number of amides is 1. The van der Waals surface area contributed by atoms with Gasteiger partial charge in [-0.25, -0.2) is 9.99 Å². The van der Waals surface area contributed by atoms with E-state index in [4.69, 9.17) is 4.42 Å². The number of para-hydroxylation sites is 1. The van der Waals surface area contributed by atoms with Crippen molar-refractivity contribution in [2.45, 2.75) is 25.9 Å². The molecule has 150 valence electrons. The lowest BCUT2D eigenvalue weighted by Crippen LogP contribution is -2.33. The van der Waals surface area contributed by atoms with Gasteiger partial charge in [0.05, 0.1) is 29.5 Å². The van der Waals surface area contributed by atoms with Crippen molar-refractivity contribution >= 4 is 33.9 Å². The third-order valence-electron chi connectivity index (χ3n) is 5.20. The van der Waals surface area contributed by atoms with Gasteiger partial charge in [-0.15, -0.1) is 11.3 Å². The van der Waals surface area contributed by atoms with Crippen LogP contribution < -0.4 is 5.56 Å². The maximum atomic E-state index is 13.2. The minimum absolute atomic E-state index is 0.132. The highest BCUT2D eigenvalue weighted by Gasteiger charge is 2.34. The summed E-state index contributed by atoms with van der Waals surface area (Å²) in [5.74, 6) is 0.373. The van der Waals surface area contributed by atoms with Crippen LogP contribution in [0.25, 0.3) is 10.9 Å². The number of carbonyl (C=O) groups excluding carboxylic acids is 1. The lowest BCUT2D eigenvalue weighted by molar-refractivity contribution is -0.133. The molecule has 0 saturated heterocycles. The Morgan fingerprint density at radius 1 is 1.23 bits per heavy atom. The molecule has 0 aliphatic carbocycles. The summed E-state index contributed by atoms with van der Waals surface area (Å²) in [6, 6.07) is 12.8. The average Bonchev–Trinajstić information content (AvgIpc) is 3.50. The molecule has 0 fully saturated rings. The first kappa shape index (κ1) is 18.5. The third-order valence-corrected chi connectivity index (χ3v) is 6.18. The number of aromatic nitrogens is 2. The predicted octanol–water partition coefficient (Wildman–Crippen LogP) is 3.74. The van der Waals surface area contributed by atoms with Crippen molar-refractivity contribution in [2.24, 2.45) is 5.10 Å². The first-order valence-electron chi connectivity index (χ1n) is 9.53. The lowest BCUT2D eigenvalue weighted by atomic mass is 10.1. The number of hydrogen-bond acceptors (Lipinski definition) is 6. The highest BCUT2D eigenvalue weighted by Crippen LogP contribution is 2.35. The van der Waals surface area contributed by atoms with Crippen LogP contribution in [0.5, 0.6) is 0 Å². The Balaban J connectivity index is 1.49. The molecule has 8 heteroatoms. The average molecular weight is 418 g/mol. The molecule has 1 aliphatic rings. The zero-order valence-electron chi connectivity index (χ0n) is 16.2. The number of carbonyl (C=O) groups is 1. The van der Waals surface area contributed by atoms with Gasteiger partial charge in [0.25, 0.3) is 11.5 Å². The van der Waals surface area contributed by atoms with E-state index in [1.165, 1.54) is 15.9 Å². The number of thiophene rings is 1. The Labute approximate surface area is 175 Å². The lowest BCUT2D eigenvalue weighted by Gasteiger charge is -2.21. The molecular formula is C22H18N4O3S.